The SMILES string of the molecule is COC(=O)c1ccc(N2CCCC2)c(NC(=O)c2cccc(C)c2C)c1. The quantitative estimate of drug-likeness (QED) is 0.847. The molecular formula is C21H24N2O3. The largest absolute Gasteiger partial charge is 0.465 e. The molecule has 0 atom stereocenters. The van der Waals surface area contributed by atoms with Gasteiger partial charge in [-0.25, -0.2) is 4.79 Å². The fraction of sp³-hybridized carbons (Fsp3) is 0.333. The molecule has 3 rings (SSSR count). The minimum absolute atomic E-state index is 0.173. The predicted octanol–water partition coefficient (Wildman–Crippen LogP) is 3.94. The van der Waals surface area contributed by atoms with Crippen LogP contribution in [-0.4, -0.2) is 32.1 Å². The van der Waals surface area contributed by atoms with Crippen molar-refractivity contribution in [2.75, 3.05) is 30.4 Å². The number of amides is 1. The van der Waals surface area contributed by atoms with Crippen LogP contribution in [0.25, 0.3) is 0 Å². The Morgan fingerprint density at radius 3 is 2.50 bits per heavy atom. The molecule has 1 heterocycles. The Kier molecular flexibility index (Phi) is 5.26. The molecule has 0 spiro atoms. The molecule has 0 aromatic heterocycles. The minimum atomic E-state index is -0.416. The van der Waals surface area contributed by atoms with Gasteiger partial charge in [0.25, 0.3) is 5.91 Å². The van der Waals surface area contributed by atoms with E-state index in [1.165, 1.54) is 7.11 Å². The van der Waals surface area contributed by atoms with Gasteiger partial charge < -0.3 is 15.0 Å². The number of carbonyl (C=O) groups is 2. The van der Waals surface area contributed by atoms with Crippen molar-refractivity contribution in [1.29, 1.82) is 0 Å². The standard InChI is InChI=1S/C21H24N2O3/c1-14-7-6-8-17(15(14)2)20(24)22-18-13-16(21(25)26-3)9-10-19(18)23-11-4-5-12-23/h6-10,13H,4-5,11-12H2,1-3H3,(H,22,24). The third-order valence-electron chi connectivity index (χ3n) is 4.96. The Labute approximate surface area is 154 Å². The number of carbonyl (C=O) groups excluding carboxylic acids is 2. The van der Waals surface area contributed by atoms with Crippen molar-refractivity contribution in [3.05, 3.63) is 58.7 Å². The first-order valence-electron chi connectivity index (χ1n) is 8.86. The van der Waals surface area contributed by atoms with Crippen molar-refractivity contribution in [2.24, 2.45) is 0 Å². The van der Waals surface area contributed by atoms with Crippen LogP contribution in [0.1, 0.15) is 44.7 Å². The van der Waals surface area contributed by atoms with E-state index in [-0.39, 0.29) is 5.91 Å². The van der Waals surface area contributed by atoms with Gasteiger partial charge in [-0.15, -0.1) is 0 Å². The molecule has 1 amide bonds. The van der Waals surface area contributed by atoms with Crippen molar-refractivity contribution in [3.63, 3.8) is 0 Å². The summed E-state index contributed by atoms with van der Waals surface area (Å²) in [5, 5.41) is 3.00. The number of benzene rings is 2. The lowest BCUT2D eigenvalue weighted by molar-refractivity contribution is 0.0600. The summed E-state index contributed by atoms with van der Waals surface area (Å²) < 4.78 is 4.82. The first-order valence-corrected chi connectivity index (χ1v) is 8.86. The van der Waals surface area contributed by atoms with Crippen LogP contribution in [0, 0.1) is 13.8 Å². The van der Waals surface area contributed by atoms with E-state index >= 15 is 0 Å². The van der Waals surface area contributed by atoms with E-state index in [9.17, 15) is 9.59 Å². The molecule has 0 aliphatic carbocycles. The van der Waals surface area contributed by atoms with Gasteiger partial charge in [-0.3, -0.25) is 4.79 Å². The number of anilines is 2. The number of nitrogens with one attached hydrogen (secondary N) is 1. The zero-order valence-corrected chi connectivity index (χ0v) is 15.5. The Balaban J connectivity index is 1.96. The first-order chi connectivity index (χ1) is 12.5. The molecule has 1 aliphatic rings. The Morgan fingerprint density at radius 1 is 1.08 bits per heavy atom. The second-order valence-electron chi connectivity index (χ2n) is 6.62. The lowest BCUT2D eigenvalue weighted by Crippen LogP contribution is -2.22. The van der Waals surface area contributed by atoms with Gasteiger partial charge in [-0.05, 0) is 62.1 Å². The Bertz CT molecular complexity index is 839. The zero-order chi connectivity index (χ0) is 18.7. The summed E-state index contributed by atoms with van der Waals surface area (Å²) in [7, 11) is 1.35. The number of hydrogen-bond acceptors (Lipinski definition) is 4. The maximum atomic E-state index is 12.9. The molecule has 0 bridgehead atoms. The molecule has 5 nitrogen and oxygen atoms in total. The summed E-state index contributed by atoms with van der Waals surface area (Å²) in [6.07, 6.45) is 2.26. The maximum absolute atomic E-state index is 12.9. The minimum Gasteiger partial charge on any atom is -0.465 e. The third-order valence-corrected chi connectivity index (χ3v) is 4.96. The van der Waals surface area contributed by atoms with Crippen molar-refractivity contribution >= 4 is 23.3 Å². The van der Waals surface area contributed by atoms with Crippen molar-refractivity contribution < 1.29 is 14.3 Å². The van der Waals surface area contributed by atoms with E-state index in [0.29, 0.717) is 16.8 Å². The summed E-state index contributed by atoms with van der Waals surface area (Å²) in [5.74, 6) is -0.589. The summed E-state index contributed by atoms with van der Waals surface area (Å²) in [6.45, 7) is 5.82. The van der Waals surface area contributed by atoms with Crippen LogP contribution in [0.5, 0.6) is 0 Å². The van der Waals surface area contributed by atoms with Gasteiger partial charge in [0.2, 0.25) is 0 Å². The number of rotatable bonds is 4. The van der Waals surface area contributed by atoms with Gasteiger partial charge >= 0.3 is 5.97 Å². The van der Waals surface area contributed by atoms with Gasteiger partial charge in [0.15, 0.2) is 0 Å². The van der Waals surface area contributed by atoms with Gasteiger partial charge in [0.1, 0.15) is 0 Å². The van der Waals surface area contributed by atoms with Crippen LogP contribution >= 0.6 is 0 Å². The van der Waals surface area contributed by atoms with E-state index in [1.807, 2.05) is 38.1 Å². The summed E-state index contributed by atoms with van der Waals surface area (Å²) >= 11 is 0. The highest BCUT2D eigenvalue weighted by atomic mass is 16.5. The van der Waals surface area contributed by atoms with Crippen LogP contribution in [-0.2, 0) is 4.74 Å². The molecule has 0 saturated carbocycles. The highest BCUT2D eigenvalue weighted by Gasteiger charge is 2.20. The number of nitrogens with zero attached hydrogens (tertiary/aromatic N) is 1. The smallest absolute Gasteiger partial charge is 0.337 e. The van der Waals surface area contributed by atoms with Crippen molar-refractivity contribution in [2.45, 2.75) is 26.7 Å². The maximum Gasteiger partial charge on any atom is 0.337 e. The van der Waals surface area contributed by atoms with Gasteiger partial charge in [-0.1, -0.05) is 12.1 Å². The molecule has 136 valence electrons. The Hall–Kier alpha value is -2.82. The molecule has 1 aliphatic heterocycles. The second kappa shape index (κ2) is 7.60. The molecule has 1 fully saturated rings. The molecule has 1 saturated heterocycles. The third kappa shape index (κ3) is 3.57. The zero-order valence-electron chi connectivity index (χ0n) is 15.5. The lowest BCUT2D eigenvalue weighted by Gasteiger charge is -2.22. The molecule has 26 heavy (non-hydrogen) atoms. The van der Waals surface area contributed by atoms with Gasteiger partial charge in [-0.2, -0.15) is 0 Å². The number of aryl methyl sites for hydroxylation is 1. The number of esters is 1. The molecular weight excluding hydrogens is 328 g/mol. The van der Waals surface area contributed by atoms with Crippen molar-refractivity contribution in [3.8, 4) is 0 Å². The van der Waals surface area contributed by atoms with E-state index in [1.54, 1.807) is 12.1 Å². The van der Waals surface area contributed by atoms with Crippen molar-refractivity contribution in [1.82, 2.24) is 0 Å². The fourth-order valence-corrected chi connectivity index (χ4v) is 3.30. The van der Waals surface area contributed by atoms with Crippen LogP contribution < -0.4 is 10.2 Å². The monoisotopic (exact) mass is 352 g/mol. The molecule has 5 heteroatoms. The molecule has 2 aromatic carbocycles. The predicted molar refractivity (Wildman–Crippen MR) is 103 cm³/mol. The Morgan fingerprint density at radius 2 is 1.81 bits per heavy atom. The topological polar surface area (TPSA) is 58.6 Å². The summed E-state index contributed by atoms with van der Waals surface area (Å²) in [5.41, 5.74) is 4.67. The highest BCUT2D eigenvalue weighted by molar-refractivity contribution is 6.07. The van der Waals surface area contributed by atoms with E-state index in [4.69, 9.17) is 4.74 Å². The normalized spacial score (nSPS) is 13.6. The average Bonchev–Trinajstić information content (AvgIpc) is 3.17. The average molecular weight is 352 g/mol. The van der Waals surface area contributed by atoms with E-state index in [0.717, 1.165) is 42.7 Å². The molecule has 1 N–H and O–H groups in total. The lowest BCUT2D eigenvalue weighted by atomic mass is 10.0. The number of ether oxygens (including phenoxy) is 1. The summed E-state index contributed by atoms with van der Waals surface area (Å²) in [6, 6.07) is 11.0. The molecule has 0 radical (unpaired) electrons. The first kappa shape index (κ1) is 18.0. The second-order valence-corrected chi connectivity index (χ2v) is 6.62. The van der Waals surface area contributed by atoms with Gasteiger partial charge in [0, 0.05) is 18.7 Å². The number of hydrogen-bond donors (Lipinski definition) is 1. The molecule has 2 aromatic rings. The molecule has 0 unspecified atom stereocenters. The van der Waals surface area contributed by atoms with Gasteiger partial charge in [0.05, 0.1) is 24.0 Å². The van der Waals surface area contributed by atoms with E-state index < -0.39 is 5.97 Å². The van der Waals surface area contributed by atoms with Crippen LogP contribution in [0.15, 0.2) is 36.4 Å². The van der Waals surface area contributed by atoms with E-state index in [2.05, 4.69) is 10.2 Å². The van der Waals surface area contributed by atoms with Crippen LogP contribution in [0.3, 0.4) is 0 Å². The fourth-order valence-electron chi connectivity index (χ4n) is 3.30. The highest BCUT2D eigenvalue weighted by Crippen LogP contribution is 2.31. The van der Waals surface area contributed by atoms with Crippen LogP contribution in [0.4, 0.5) is 11.4 Å². The summed E-state index contributed by atoms with van der Waals surface area (Å²) in [4.78, 5) is 27.0. The van der Waals surface area contributed by atoms with Crippen LogP contribution in [0.2, 0.25) is 0 Å². The number of methoxy groups -OCH3 is 1.